The molecule has 0 aromatic heterocycles. The minimum absolute atomic E-state index is 0.0103. The molecule has 2 rings (SSSR count). The van der Waals surface area contributed by atoms with E-state index in [-0.39, 0.29) is 10.8 Å². The first-order valence-corrected chi connectivity index (χ1v) is 7.94. The largest absolute Gasteiger partial charge is 0.332 e. The summed E-state index contributed by atoms with van der Waals surface area (Å²) in [4.78, 5) is 22.0. The highest BCUT2D eigenvalue weighted by atomic mass is 35.5. The van der Waals surface area contributed by atoms with Gasteiger partial charge >= 0.3 is 0 Å². The Morgan fingerprint density at radius 1 is 1.24 bits per heavy atom. The van der Waals surface area contributed by atoms with Gasteiger partial charge in [0.05, 0.1) is 4.92 Å². The molecule has 2 N–H and O–H groups in total. The highest BCUT2D eigenvalue weighted by Gasteiger charge is 2.05. The van der Waals surface area contributed by atoms with E-state index in [2.05, 4.69) is 10.6 Å². The Hall–Kier alpha value is -2.77. The lowest BCUT2D eigenvalue weighted by molar-refractivity contribution is -0.384. The molecule has 2 aromatic rings. The number of carbonyl (C=O) groups excluding carboxylic acids is 1. The number of rotatable bonds is 4. The predicted octanol–water partition coefficient (Wildman–Crippen LogP) is 4.08. The number of nitrogens with one attached hydrogen (secondary N) is 2. The molecule has 128 valence electrons. The number of benzene rings is 2. The zero-order valence-corrected chi connectivity index (χ0v) is 14.7. The van der Waals surface area contributed by atoms with Gasteiger partial charge in [-0.25, -0.2) is 0 Å². The maximum Gasteiger partial charge on any atom is 0.269 e. The molecule has 0 bridgehead atoms. The summed E-state index contributed by atoms with van der Waals surface area (Å²) in [5.74, 6) is -0.421. The number of hydrogen-bond acceptors (Lipinski definition) is 4. The lowest BCUT2D eigenvalue weighted by atomic mass is 10.2. The average Bonchev–Trinajstić information content (AvgIpc) is 2.56. The van der Waals surface area contributed by atoms with Crippen LogP contribution >= 0.6 is 23.8 Å². The predicted molar refractivity (Wildman–Crippen MR) is 103 cm³/mol. The maximum absolute atomic E-state index is 11.9. The lowest BCUT2D eigenvalue weighted by Crippen LogP contribution is -2.33. The Bertz CT molecular complexity index is 851. The van der Waals surface area contributed by atoms with Crippen LogP contribution < -0.4 is 10.6 Å². The van der Waals surface area contributed by atoms with Crippen LogP contribution in [0.2, 0.25) is 5.02 Å². The number of halogens is 1. The topological polar surface area (TPSA) is 84.3 Å². The van der Waals surface area contributed by atoms with Crippen LogP contribution in [0.25, 0.3) is 6.08 Å². The van der Waals surface area contributed by atoms with Crippen molar-refractivity contribution >= 4 is 52.3 Å². The monoisotopic (exact) mass is 375 g/mol. The molecule has 0 saturated heterocycles. The third-order valence-electron chi connectivity index (χ3n) is 3.22. The number of non-ortho nitro benzene ring substituents is 1. The summed E-state index contributed by atoms with van der Waals surface area (Å²) in [7, 11) is 0. The minimum atomic E-state index is -0.484. The zero-order chi connectivity index (χ0) is 18.4. The van der Waals surface area contributed by atoms with Crippen LogP contribution in [0, 0.1) is 17.0 Å². The van der Waals surface area contributed by atoms with E-state index in [1.165, 1.54) is 24.3 Å². The molecule has 0 spiro atoms. The molecule has 0 unspecified atom stereocenters. The number of nitro benzene ring substituents is 1. The summed E-state index contributed by atoms with van der Waals surface area (Å²) >= 11 is 11.0. The van der Waals surface area contributed by atoms with E-state index >= 15 is 0 Å². The second-order valence-corrected chi connectivity index (χ2v) is 5.93. The van der Waals surface area contributed by atoms with Crippen LogP contribution in [-0.2, 0) is 4.79 Å². The standard InChI is InChI=1S/C17H14ClN3O3S/c1-11-2-6-13(18)10-15(11)19-17(25)20-16(22)9-5-12-3-7-14(8-4-12)21(23)24/h2-10H,1H3,(H2,19,20,22,25)/b9-5+. The Morgan fingerprint density at radius 2 is 1.92 bits per heavy atom. The molecule has 0 aliphatic heterocycles. The fourth-order valence-corrected chi connectivity index (χ4v) is 2.30. The smallest absolute Gasteiger partial charge is 0.269 e. The van der Waals surface area contributed by atoms with Gasteiger partial charge in [0, 0.05) is 28.9 Å². The molecular weight excluding hydrogens is 362 g/mol. The van der Waals surface area contributed by atoms with Crippen LogP contribution in [0.4, 0.5) is 11.4 Å². The van der Waals surface area contributed by atoms with E-state index in [1.807, 2.05) is 13.0 Å². The highest BCUT2D eigenvalue weighted by molar-refractivity contribution is 7.80. The molecule has 0 heterocycles. The average molecular weight is 376 g/mol. The SMILES string of the molecule is Cc1ccc(Cl)cc1NC(=S)NC(=O)/C=C/c1ccc([N+](=O)[O-])cc1. The van der Waals surface area contributed by atoms with Crippen molar-refractivity contribution in [3.63, 3.8) is 0 Å². The van der Waals surface area contributed by atoms with Crippen molar-refractivity contribution in [3.8, 4) is 0 Å². The number of aryl methyl sites for hydroxylation is 1. The summed E-state index contributed by atoms with van der Waals surface area (Å²) in [6.07, 6.45) is 2.83. The molecule has 25 heavy (non-hydrogen) atoms. The summed E-state index contributed by atoms with van der Waals surface area (Å²) in [6.45, 7) is 1.89. The van der Waals surface area contributed by atoms with Gasteiger partial charge in [0.25, 0.3) is 5.69 Å². The molecule has 0 atom stereocenters. The summed E-state index contributed by atoms with van der Waals surface area (Å²) in [5, 5.41) is 16.7. The van der Waals surface area contributed by atoms with Crippen LogP contribution in [0.1, 0.15) is 11.1 Å². The first-order chi connectivity index (χ1) is 11.8. The molecule has 6 nitrogen and oxygen atoms in total. The van der Waals surface area contributed by atoms with Crippen LogP contribution in [0.5, 0.6) is 0 Å². The fraction of sp³-hybridized carbons (Fsp3) is 0.0588. The van der Waals surface area contributed by atoms with Crippen molar-refractivity contribution in [3.05, 3.63) is 74.8 Å². The molecule has 8 heteroatoms. The van der Waals surface area contributed by atoms with Gasteiger partial charge in [-0.2, -0.15) is 0 Å². The van der Waals surface area contributed by atoms with E-state index in [0.29, 0.717) is 16.3 Å². The molecule has 2 aromatic carbocycles. The molecule has 0 aliphatic rings. The number of hydrogen-bond donors (Lipinski definition) is 2. The number of nitrogens with zero attached hydrogens (tertiary/aromatic N) is 1. The summed E-state index contributed by atoms with van der Waals surface area (Å²) < 4.78 is 0. The van der Waals surface area contributed by atoms with E-state index in [9.17, 15) is 14.9 Å². The van der Waals surface area contributed by atoms with Gasteiger partial charge in [-0.3, -0.25) is 20.2 Å². The Kier molecular flexibility index (Phi) is 6.21. The third kappa shape index (κ3) is 5.66. The van der Waals surface area contributed by atoms with Gasteiger partial charge in [-0.05, 0) is 60.6 Å². The summed E-state index contributed by atoms with van der Waals surface area (Å²) in [5.41, 5.74) is 2.29. The molecule has 0 fully saturated rings. The van der Waals surface area contributed by atoms with Gasteiger partial charge in [-0.15, -0.1) is 0 Å². The molecule has 0 aliphatic carbocycles. The Balaban J connectivity index is 1.93. The molecule has 0 radical (unpaired) electrons. The number of thiocarbonyl (C=S) groups is 1. The minimum Gasteiger partial charge on any atom is -0.332 e. The lowest BCUT2D eigenvalue weighted by Gasteiger charge is -2.11. The van der Waals surface area contributed by atoms with Gasteiger partial charge in [0.15, 0.2) is 5.11 Å². The number of amides is 1. The van der Waals surface area contributed by atoms with Gasteiger partial charge in [0.1, 0.15) is 0 Å². The normalized spacial score (nSPS) is 10.5. The molecule has 1 amide bonds. The van der Waals surface area contributed by atoms with E-state index in [4.69, 9.17) is 23.8 Å². The van der Waals surface area contributed by atoms with Crippen molar-refractivity contribution in [1.82, 2.24) is 5.32 Å². The zero-order valence-electron chi connectivity index (χ0n) is 13.2. The van der Waals surface area contributed by atoms with E-state index < -0.39 is 10.8 Å². The maximum atomic E-state index is 11.9. The van der Waals surface area contributed by atoms with Crippen molar-refractivity contribution < 1.29 is 9.72 Å². The number of nitro groups is 1. The molecule has 0 saturated carbocycles. The number of anilines is 1. The quantitative estimate of drug-likeness (QED) is 0.364. The van der Waals surface area contributed by atoms with Gasteiger partial charge in [-0.1, -0.05) is 17.7 Å². The van der Waals surface area contributed by atoms with Crippen molar-refractivity contribution in [2.45, 2.75) is 6.92 Å². The van der Waals surface area contributed by atoms with Crippen molar-refractivity contribution in [2.75, 3.05) is 5.32 Å². The second-order valence-electron chi connectivity index (χ2n) is 5.08. The fourth-order valence-electron chi connectivity index (χ4n) is 1.92. The number of carbonyl (C=O) groups is 1. The van der Waals surface area contributed by atoms with Crippen LogP contribution in [0.3, 0.4) is 0 Å². The first kappa shape index (κ1) is 18.6. The van der Waals surface area contributed by atoms with E-state index in [1.54, 1.807) is 24.3 Å². The highest BCUT2D eigenvalue weighted by Crippen LogP contribution is 2.20. The third-order valence-corrected chi connectivity index (χ3v) is 3.65. The van der Waals surface area contributed by atoms with Gasteiger partial charge in [0.2, 0.25) is 5.91 Å². The molecular formula is C17H14ClN3O3S. The van der Waals surface area contributed by atoms with Crippen molar-refractivity contribution in [2.24, 2.45) is 0 Å². The summed E-state index contributed by atoms with van der Waals surface area (Å²) in [6, 6.07) is 11.1. The first-order valence-electron chi connectivity index (χ1n) is 7.16. The van der Waals surface area contributed by atoms with Gasteiger partial charge < -0.3 is 5.32 Å². The second kappa shape index (κ2) is 8.36. The van der Waals surface area contributed by atoms with Crippen LogP contribution in [0.15, 0.2) is 48.5 Å². The van der Waals surface area contributed by atoms with Crippen LogP contribution in [-0.4, -0.2) is 15.9 Å². The Labute approximate surface area is 154 Å². The van der Waals surface area contributed by atoms with E-state index in [0.717, 1.165) is 5.56 Å². The van der Waals surface area contributed by atoms with Crippen molar-refractivity contribution in [1.29, 1.82) is 0 Å². The Morgan fingerprint density at radius 3 is 2.56 bits per heavy atom.